The average Bonchev–Trinajstić information content (AvgIpc) is 3.28. The molecule has 0 aliphatic heterocycles. The summed E-state index contributed by atoms with van der Waals surface area (Å²) in [5, 5.41) is 5.25. The Bertz CT molecular complexity index is 474. The number of halogens is 1. The third-order valence-corrected chi connectivity index (χ3v) is 3.21. The van der Waals surface area contributed by atoms with E-state index in [1.165, 1.54) is 19.3 Å². The fraction of sp³-hybridized carbons (Fsp3) is 0.462. The molecule has 1 aromatic rings. The number of carbonyl (C=O) groups is 2. The van der Waals surface area contributed by atoms with Gasteiger partial charge in [-0.2, -0.15) is 0 Å². The van der Waals surface area contributed by atoms with E-state index in [0.29, 0.717) is 18.0 Å². The van der Waals surface area contributed by atoms with Gasteiger partial charge in [-0.3, -0.25) is 14.6 Å². The molecule has 1 heterocycles. The molecule has 6 nitrogen and oxygen atoms in total. The van der Waals surface area contributed by atoms with Crippen LogP contribution < -0.4 is 16.4 Å². The fourth-order valence-electron chi connectivity index (χ4n) is 1.79. The van der Waals surface area contributed by atoms with E-state index in [2.05, 4.69) is 15.6 Å². The molecule has 20 heavy (non-hydrogen) atoms. The van der Waals surface area contributed by atoms with Crippen LogP contribution in [0.2, 0.25) is 0 Å². The molecule has 0 bridgehead atoms. The van der Waals surface area contributed by atoms with E-state index in [-0.39, 0.29) is 36.0 Å². The van der Waals surface area contributed by atoms with Gasteiger partial charge in [0.15, 0.2) is 0 Å². The monoisotopic (exact) mass is 298 g/mol. The minimum Gasteiger partial charge on any atom is -0.354 e. The number of hydrogen-bond donors (Lipinski definition) is 3. The van der Waals surface area contributed by atoms with Crippen molar-refractivity contribution in [2.75, 3.05) is 13.6 Å². The second-order valence-electron chi connectivity index (χ2n) is 4.72. The topological polar surface area (TPSA) is 97.1 Å². The number of amides is 2. The molecule has 1 saturated carbocycles. The second-order valence-corrected chi connectivity index (χ2v) is 4.72. The van der Waals surface area contributed by atoms with E-state index < -0.39 is 0 Å². The van der Waals surface area contributed by atoms with Gasteiger partial charge in [0.05, 0.1) is 5.56 Å². The van der Waals surface area contributed by atoms with Crippen molar-refractivity contribution >= 4 is 24.2 Å². The van der Waals surface area contributed by atoms with Gasteiger partial charge >= 0.3 is 0 Å². The van der Waals surface area contributed by atoms with E-state index in [9.17, 15) is 9.59 Å². The van der Waals surface area contributed by atoms with E-state index in [1.807, 2.05) is 0 Å². The Kier molecular flexibility index (Phi) is 5.91. The Hall–Kier alpha value is -1.66. The lowest BCUT2D eigenvalue weighted by molar-refractivity contribution is 0.0940. The molecular formula is C13H19ClN4O2. The van der Waals surface area contributed by atoms with Crippen molar-refractivity contribution in [3.8, 4) is 0 Å². The molecule has 1 aliphatic rings. The first-order valence-corrected chi connectivity index (χ1v) is 6.33. The molecule has 0 aromatic carbocycles. The van der Waals surface area contributed by atoms with Crippen molar-refractivity contribution in [1.82, 2.24) is 15.6 Å². The summed E-state index contributed by atoms with van der Waals surface area (Å²) in [6, 6.07) is 3.13. The summed E-state index contributed by atoms with van der Waals surface area (Å²) in [7, 11) is 1.53. The van der Waals surface area contributed by atoms with Crippen molar-refractivity contribution in [1.29, 1.82) is 0 Å². The quantitative estimate of drug-likeness (QED) is 0.730. The first-order valence-electron chi connectivity index (χ1n) is 6.33. The molecule has 0 saturated heterocycles. The van der Waals surface area contributed by atoms with Crippen molar-refractivity contribution in [2.45, 2.75) is 18.9 Å². The molecule has 1 aromatic heterocycles. The van der Waals surface area contributed by atoms with Gasteiger partial charge < -0.3 is 16.4 Å². The van der Waals surface area contributed by atoms with Gasteiger partial charge in [-0.25, -0.2) is 0 Å². The summed E-state index contributed by atoms with van der Waals surface area (Å²) in [5.74, 6) is 0.0591. The maximum atomic E-state index is 11.8. The van der Waals surface area contributed by atoms with Crippen molar-refractivity contribution in [3.63, 3.8) is 0 Å². The second kappa shape index (κ2) is 7.21. The van der Waals surface area contributed by atoms with E-state index in [1.54, 1.807) is 6.07 Å². The smallest absolute Gasteiger partial charge is 0.269 e. The molecular weight excluding hydrogens is 280 g/mol. The van der Waals surface area contributed by atoms with E-state index in [4.69, 9.17) is 5.73 Å². The minimum absolute atomic E-state index is 0. The Morgan fingerprint density at radius 2 is 2.10 bits per heavy atom. The minimum atomic E-state index is -0.275. The van der Waals surface area contributed by atoms with Gasteiger partial charge in [0.1, 0.15) is 5.69 Å². The summed E-state index contributed by atoms with van der Waals surface area (Å²) < 4.78 is 0. The lowest BCUT2D eigenvalue weighted by Gasteiger charge is -2.11. The van der Waals surface area contributed by atoms with Gasteiger partial charge in [0, 0.05) is 25.8 Å². The fourth-order valence-corrected chi connectivity index (χ4v) is 1.79. The standard InChI is InChI=1S/C13H18N4O2.ClH/c1-15-13(19)11-5-4-9(6-16-11)12(18)17-7-10(14)8-2-3-8;/h4-6,8,10H,2-3,7,14H2,1H3,(H,15,19)(H,17,18);1H. The average molecular weight is 299 g/mol. The number of rotatable bonds is 5. The Morgan fingerprint density at radius 1 is 1.40 bits per heavy atom. The summed E-state index contributed by atoms with van der Waals surface area (Å²) in [4.78, 5) is 27.1. The molecule has 1 aliphatic carbocycles. The highest BCUT2D eigenvalue weighted by Gasteiger charge is 2.28. The maximum absolute atomic E-state index is 11.8. The largest absolute Gasteiger partial charge is 0.354 e. The van der Waals surface area contributed by atoms with Crippen molar-refractivity contribution in [2.24, 2.45) is 11.7 Å². The van der Waals surface area contributed by atoms with Gasteiger partial charge in [0.2, 0.25) is 0 Å². The number of carbonyl (C=O) groups excluding carboxylic acids is 2. The van der Waals surface area contributed by atoms with Crippen LogP contribution in [-0.4, -0.2) is 36.4 Å². The van der Waals surface area contributed by atoms with Gasteiger partial charge in [0.25, 0.3) is 11.8 Å². The third kappa shape index (κ3) is 4.18. The molecule has 2 amide bonds. The van der Waals surface area contributed by atoms with Crippen molar-refractivity contribution < 1.29 is 9.59 Å². The van der Waals surface area contributed by atoms with Crippen LogP contribution in [0.1, 0.15) is 33.7 Å². The zero-order chi connectivity index (χ0) is 13.8. The molecule has 0 spiro atoms. The normalized spacial score (nSPS) is 14.9. The summed E-state index contributed by atoms with van der Waals surface area (Å²) in [6.07, 6.45) is 3.70. The van der Waals surface area contributed by atoms with Crippen LogP contribution in [0.5, 0.6) is 0 Å². The molecule has 7 heteroatoms. The van der Waals surface area contributed by atoms with Crippen LogP contribution in [0.3, 0.4) is 0 Å². The van der Waals surface area contributed by atoms with Crippen LogP contribution in [0.25, 0.3) is 0 Å². The summed E-state index contributed by atoms with van der Waals surface area (Å²) in [5.41, 5.74) is 6.62. The van der Waals surface area contributed by atoms with Crippen LogP contribution in [0, 0.1) is 5.92 Å². The highest BCUT2D eigenvalue weighted by Crippen LogP contribution is 2.31. The first kappa shape index (κ1) is 16.4. The number of nitrogens with two attached hydrogens (primary N) is 1. The number of hydrogen-bond acceptors (Lipinski definition) is 4. The van der Waals surface area contributed by atoms with Gasteiger partial charge in [-0.1, -0.05) is 0 Å². The van der Waals surface area contributed by atoms with Crippen LogP contribution in [-0.2, 0) is 0 Å². The molecule has 1 unspecified atom stereocenters. The van der Waals surface area contributed by atoms with E-state index in [0.717, 1.165) is 12.8 Å². The zero-order valence-corrected chi connectivity index (χ0v) is 12.1. The number of aromatic nitrogens is 1. The number of pyridine rings is 1. The molecule has 1 atom stereocenters. The van der Waals surface area contributed by atoms with Crippen LogP contribution >= 0.6 is 12.4 Å². The highest BCUT2D eigenvalue weighted by molar-refractivity contribution is 5.96. The predicted molar refractivity (Wildman–Crippen MR) is 77.9 cm³/mol. The Morgan fingerprint density at radius 3 is 2.60 bits per heavy atom. The predicted octanol–water partition coefficient (Wildman–Crippen LogP) is 0.330. The molecule has 110 valence electrons. The maximum Gasteiger partial charge on any atom is 0.269 e. The Balaban J connectivity index is 0.00000200. The molecule has 0 radical (unpaired) electrons. The lowest BCUT2D eigenvalue weighted by atomic mass is 10.2. The van der Waals surface area contributed by atoms with Gasteiger partial charge in [-0.05, 0) is 30.9 Å². The van der Waals surface area contributed by atoms with Gasteiger partial charge in [-0.15, -0.1) is 12.4 Å². The zero-order valence-electron chi connectivity index (χ0n) is 11.3. The van der Waals surface area contributed by atoms with E-state index >= 15 is 0 Å². The number of nitrogens with zero attached hydrogens (tertiary/aromatic N) is 1. The lowest BCUT2D eigenvalue weighted by Crippen LogP contribution is -2.38. The number of nitrogens with one attached hydrogen (secondary N) is 2. The molecule has 4 N–H and O–H groups in total. The van der Waals surface area contributed by atoms with Crippen LogP contribution in [0.15, 0.2) is 18.3 Å². The Labute approximate surface area is 123 Å². The highest BCUT2D eigenvalue weighted by atomic mass is 35.5. The third-order valence-electron chi connectivity index (χ3n) is 3.21. The summed E-state index contributed by atoms with van der Waals surface area (Å²) >= 11 is 0. The molecule has 1 fully saturated rings. The van der Waals surface area contributed by atoms with Crippen LogP contribution in [0.4, 0.5) is 0 Å². The summed E-state index contributed by atoms with van der Waals surface area (Å²) in [6.45, 7) is 0.473. The van der Waals surface area contributed by atoms with Crippen molar-refractivity contribution in [3.05, 3.63) is 29.6 Å². The molecule has 2 rings (SSSR count). The first-order chi connectivity index (χ1) is 9.11. The SMILES string of the molecule is CNC(=O)c1ccc(C(=O)NCC(N)C2CC2)cn1.Cl.